The monoisotopic (exact) mass is 348 g/mol. The fraction of sp³-hybridized carbons (Fsp3) is 0.467. The number of urea groups is 1. The van der Waals surface area contributed by atoms with Gasteiger partial charge in [-0.25, -0.2) is 9.59 Å². The lowest BCUT2D eigenvalue weighted by Crippen LogP contribution is -2.47. The van der Waals surface area contributed by atoms with Crippen molar-refractivity contribution in [2.45, 2.75) is 32.7 Å². The molecule has 0 radical (unpaired) electrons. The summed E-state index contributed by atoms with van der Waals surface area (Å²) in [4.78, 5) is 23.6. The van der Waals surface area contributed by atoms with E-state index in [1.54, 1.807) is 6.92 Å². The predicted molar refractivity (Wildman–Crippen MR) is 80.5 cm³/mol. The summed E-state index contributed by atoms with van der Waals surface area (Å²) in [6, 6.07) is 3.13. The summed E-state index contributed by atoms with van der Waals surface area (Å²) in [5, 5.41) is 4.91. The second-order valence-corrected chi connectivity index (χ2v) is 5.06. The zero-order valence-electron chi connectivity index (χ0n) is 13.4. The van der Waals surface area contributed by atoms with Crippen molar-refractivity contribution in [1.82, 2.24) is 5.32 Å². The number of benzene rings is 1. The first-order valence-electron chi connectivity index (χ1n) is 7.17. The number of anilines is 1. The van der Waals surface area contributed by atoms with Crippen molar-refractivity contribution in [3.8, 4) is 5.75 Å². The Morgan fingerprint density at radius 1 is 1.21 bits per heavy atom. The number of hydrogen-bond donors (Lipinski definition) is 2. The first-order valence-corrected chi connectivity index (χ1v) is 7.17. The van der Waals surface area contributed by atoms with Crippen molar-refractivity contribution < 1.29 is 32.2 Å². The zero-order valence-corrected chi connectivity index (χ0v) is 13.4. The van der Waals surface area contributed by atoms with Crippen molar-refractivity contribution in [3.63, 3.8) is 0 Å². The van der Waals surface area contributed by atoms with E-state index in [1.807, 2.05) is 6.92 Å². The Hall–Kier alpha value is -2.45. The molecule has 0 bridgehead atoms. The van der Waals surface area contributed by atoms with Crippen molar-refractivity contribution >= 4 is 17.7 Å². The number of methoxy groups -OCH3 is 1. The van der Waals surface area contributed by atoms with E-state index in [2.05, 4.69) is 20.1 Å². The number of alkyl halides is 3. The Bertz CT molecular complexity index is 561. The van der Waals surface area contributed by atoms with Crippen LogP contribution in [0.15, 0.2) is 24.3 Å². The Morgan fingerprint density at radius 2 is 1.79 bits per heavy atom. The molecule has 1 aromatic rings. The highest BCUT2D eigenvalue weighted by molar-refractivity contribution is 5.92. The molecular weight excluding hydrogens is 329 g/mol. The van der Waals surface area contributed by atoms with E-state index in [0.29, 0.717) is 6.42 Å². The van der Waals surface area contributed by atoms with Gasteiger partial charge in [-0.05, 0) is 30.2 Å². The van der Waals surface area contributed by atoms with Crippen LogP contribution in [0.2, 0.25) is 0 Å². The third-order valence-corrected chi connectivity index (χ3v) is 3.30. The summed E-state index contributed by atoms with van der Waals surface area (Å²) >= 11 is 0. The number of hydrogen-bond acceptors (Lipinski definition) is 4. The number of esters is 1. The van der Waals surface area contributed by atoms with Crippen LogP contribution in [0.3, 0.4) is 0 Å². The van der Waals surface area contributed by atoms with Gasteiger partial charge < -0.3 is 20.1 Å². The molecule has 0 saturated heterocycles. The summed E-state index contributed by atoms with van der Waals surface area (Å²) in [7, 11) is 1.22. The molecular formula is C15H19F3N2O4. The molecule has 0 aromatic heterocycles. The van der Waals surface area contributed by atoms with Crippen LogP contribution in [0.5, 0.6) is 5.75 Å². The number of ether oxygens (including phenoxy) is 2. The summed E-state index contributed by atoms with van der Waals surface area (Å²) < 4.78 is 44.6. The predicted octanol–water partition coefficient (Wildman–Crippen LogP) is 3.29. The van der Waals surface area contributed by atoms with Gasteiger partial charge in [0, 0.05) is 5.69 Å². The van der Waals surface area contributed by atoms with Crippen LogP contribution in [0.4, 0.5) is 23.7 Å². The quantitative estimate of drug-likeness (QED) is 0.774. The van der Waals surface area contributed by atoms with Crippen molar-refractivity contribution in [3.05, 3.63) is 24.3 Å². The van der Waals surface area contributed by atoms with Crippen LogP contribution >= 0.6 is 0 Å². The molecule has 1 aromatic carbocycles. The molecule has 0 fully saturated rings. The van der Waals surface area contributed by atoms with Gasteiger partial charge in [0.15, 0.2) is 0 Å². The molecule has 0 unspecified atom stereocenters. The van der Waals surface area contributed by atoms with Crippen LogP contribution in [0.25, 0.3) is 0 Å². The van der Waals surface area contributed by atoms with E-state index in [9.17, 15) is 22.8 Å². The van der Waals surface area contributed by atoms with Crippen LogP contribution in [-0.2, 0) is 9.53 Å². The average Bonchev–Trinajstić information content (AvgIpc) is 2.51. The number of carbonyl (C=O) groups is 2. The third-order valence-electron chi connectivity index (χ3n) is 3.30. The molecule has 0 aliphatic rings. The average molecular weight is 348 g/mol. The highest BCUT2D eigenvalue weighted by atomic mass is 19.4. The topological polar surface area (TPSA) is 76.7 Å². The molecule has 0 aliphatic carbocycles. The lowest BCUT2D eigenvalue weighted by Gasteiger charge is -2.22. The maximum atomic E-state index is 12.1. The molecule has 24 heavy (non-hydrogen) atoms. The van der Waals surface area contributed by atoms with Crippen molar-refractivity contribution in [1.29, 1.82) is 0 Å². The Morgan fingerprint density at radius 3 is 2.25 bits per heavy atom. The van der Waals surface area contributed by atoms with E-state index in [0.717, 1.165) is 12.1 Å². The van der Waals surface area contributed by atoms with Crippen LogP contribution < -0.4 is 15.4 Å². The molecule has 1 rings (SSSR count). The van der Waals surface area contributed by atoms with E-state index in [1.165, 1.54) is 19.2 Å². The van der Waals surface area contributed by atoms with Gasteiger partial charge in [-0.2, -0.15) is 0 Å². The van der Waals surface area contributed by atoms with E-state index in [4.69, 9.17) is 0 Å². The minimum Gasteiger partial charge on any atom is -0.467 e. The van der Waals surface area contributed by atoms with Crippen molar-refractivity contribution in [2.24, 2.45) is 5.92 Å². The zero-order chi connectivity index (χ0) is 18.3. The first-order chi connectivity index (χ1) is 11.2. The number of halogens is 3. The van der Waals surface area contributed by atoms with Gasteiger partial charge >= 0.3 is 18.4 Å². The Balaban J connectivity index is 2.68. The number of carbonyl (C=O) groups excluding carboxylic acids is 2. The summed E-state index contributed by atoms with van der Waals surface area (Å²) in [5.74, 6) is -1.13. The molecule has 0 aliphatic heterocycles. The van der Waals surface area contributed by atoms with Gasteiger partial charge in [0.05, 0.1) is 7.11 Å². The highest BCUT2D eigenvalue weighted by Gasteiger charge is 2.31. The maximum Gasteiger partial charge on any atom is 0.573 e. The van der Waals surface area contributed by atoms with Crippen LogP contribution in [0, 0.1) is 5.92 Å². The van der Waals surface area contributed by atoms with Gasteiger partial charge in [-0.1, -0.05) is 20.3 Å². The molecule has 134 valence electrons. The summed E-state index contributed by atoms with van der Waals surface area (Å²) in [5.41, 5.74) is 0.245. The van der Waals surface area contributed by atoms with Gasteiger partial charge in [0.1, 0.15) is 11.8 Å². The van der Waals surface area contributed by atoms with E-state index >= 15 is 0 Å². The normalized spacial score (nSPS) is 13.6. The SMILES string of the molecule is CC[C@@H](C)[C@@H](NC(=O)Nc1ccc(OC(F)(F)F)cc1)C(=O)OC. The molecule has 2 atom stereocenters. The third kappa shape index (κ3) is 6.35. The number of amides is 2. The molecule has 0 heterocycles. The fourth-order valence-corrected chi connectivity index (χ4v) is 1.84. The minimum absolute atomic E-state index is 0.147. The fourth-order valence-electron chi connectivity index (χ4n) is 1.84. The maximum absolute atomic E-state index is 12.1. The smallest absolute Gasteiger partial charge is 0.467 e. The molecule has 0 spiro atoms. The lowest BCUT2D eigenvalue weighted by molar-refractivity contribution is -0.274. The number of rotatable bonds is 6. The second kappa shape index (κ2) is 8.42. The van der Waals surface area contributed by atoms with E-state index in [-0.39, 0.29) is 11.6 Å². The minimum atomic E-state index is -4.78. The summed E-state index contributed by atoms with van der Waals surface area (Å²) in [6.07, 6.45) is -4.14. The largest absolute Gasteiger partial charge is 0.573 e. The van der Waals surface area contributed by atoms with Crippen LogP contribution in [0.1, 0.15) is 20.3 Å². The molecule has 9 heteroatoms. The van der Waals surface area contributed by atoms with Crippen LogP contribution in [-0.4, -0.2) is 31.5 Å². The number of nitrogens with one attached hydrogen (secondary N) is 2. The molecule has 2 N–H and O–H groups in total. The Kier molecular flexibility index (Phi) is 6.87. The standard InChI is InChI=1S/C15H19F3N2O4/c1-4-9(2)12(13(21)23-3)20-14(22)19-10-5-7-11(8-6-10)24-15(16,17)18/h5-9,12H,4H2,1-3H3,(H2,19,20,22)/t9-,12-/m1/s1. The molecule has 2 amide bonds. The van der Waals surface area contributed by atoms with Crippen molar-refractivity contribution in [2.75, 3.05) is 12.4 Å². The Labute approximate surface area is 137 Å². The van der Waals surface area contributed by atoms with E-state index < -0.39 is 30.2 Å². The first kappa shape index (κ1) is 19.6. The van der Waals surface area contributed by atoms with Gasteiger partial charge in [0.25, 0.3) is 0 Å². The van der Waals surface area contributed by atoms with Gasteiger partial charge in [-0.15, -0.1) is 13.2 Å². The van der Waals surface area contributed by atoms with Gasteiger partial charge in [0.2, 0.25) is 0 Å². The summed E-state index contributed by atoms with van der Waals surface area (Å²) in [6.45, 7) is 3.64. The second-order valence-electron chi connectivity index (χ2n) is 5.06. The molecule has 6 nitrogen and oxygen atoms in total. The lowest BCUT2D eigenvalue weighted by atomic mass is 9.99. The highest BCUT2D eigenvalue weighted by Crippen LogP contribution is 2.23. The van der Waals surface area contributed by atoms with Gasteiger partial charge in [-0.3, -0.25) is 0 Å². The molecule has 0 saturated carbocycles.